The second kappa shape index (κ2) is 39.3. The van der Waals surface area contributed by atoms with Gasteiger partial charge in [-0.15, -0.1) is 0 Å². The van der Waals surface area contributed by atoms with Crippen LogP contribution in [0.4, 0.5) is 19.2 Å². The smallest absolute Gasteiger partial charge is 0.411 e. The number of hydrogen-bond donors (Lipinski definition) is 4. The summed E-state index contributed by atoms with van der Waals surface area (Å²) in [6, 6.07) is 18.5. The van der Waals surface area contributed by atoms with Crippen LogP contribution >= 0.6 is 81.2 Å². The van der Waals surface area contributed by atoms with Crippen LogP contribution in [0.2, 0.25) is 36.1 Å². The van der Waals surface area contributed by atoms with Crippen molar-refractivity contribution < 1.29 is 52.8 Å². The zero-order chi connectivity index (χ0) is 76.1. The lowest BCUT2D eigenvalue weighted by Gasteiger charge is -2.32. The minimum absolute atomic E-state index is 0.0730. The van der Waals surface area contributed by atoms with Crippen molar-refractivity contribution in [2.45, 2.75) is 213 Å². The maximum Gasteiger partial charge on any atom is 0.411 e. The number of carbonyl (C=O) groups is 6. The van der Waals surface area contributed by atoms with Crippen LogP contribution in [0.3, 0.4) is 0 Å². The monoisotopic (exact) mass is 1550 g/mol. The molecule has 4 aliphatic rings. The van der Waals surface area contributed by atoms with Crippen LogP contribution in [-0.4, -0.2) is 142 Å². The predicted molar refractivity (Wildman–Crippen MR) is 403 cm³/mol. The van der Waals surface area contributed by atoms with Crippen molar-refractivity contribution in [2.24, 2.45) is 0 Å². The Morgan fingerprint density at radius 3 is 1.24 bits per heavy atom. The van der Waals surface area contributed by atoms with Gasteiger partial charge in [-0.3, -0.25) is 24.3 Å². The van der Waals surface area contributed by atoms with Crippen LogP contribution in [0, 0.1) is 0 Å². The van der Waals surface area contributed by atoms with Gasteiger partial charge in [-0.25, -0.2) is 44.1 Å². The summed E-state index contributed by atoms with van der Waals surface area (Å²) in [5, 5.41) is 19.6. The largest absolute Gasteiger partial charge is 0.453 e. The average Bonchev–Trinajstić information content (AvgIpc) is 1.62. The van der Waals surface area contributed by atoms with Crippen LogP contribution in [0.1, 0.15) is 222 Å². The van der Waals surface area contributed by atoms with E-state index in [1.807, 2.05) is 113 Å². The molecule has 102 heavy (non-hydrogen) atoms. The number of amides is 5. The highest BCUT2D eigenvalue weighted by Crippen LogP contribution is 2.40. The molecule has 0 aromatic carbocycles. The summed E-state index contributed by atoms with van der Waals surface area (Å²) in [6.45, 7) is 29.6. The molecule has 0 bridgehead atoms. The molecule has 4 aliphatic carbocycles. The van der Waals surface area contributed by atoms with Crippen molar-refractivity contribution in [3.05, 3.63) is 160 Å². The molecule has 9 rings (SSSR count). The van der Waals surface area contributed by atoms with E-state index in [-0.39, 0.29) is 70.6 Å². The highest BCUT2D eigenvalue weighted by molar-refractivity contribution is 6.34. The lowest BCUT2D eigenvalue weighted by molar-refractivity contribution is -0.122. The molecule has 5 heterocycles. The summed E-state index contributed by atoms with van der Waals surface area (Å²) in [4.78, 5) is 96.5. The average molecular weight is 1550 g/mol. The molecule has 556 valence electrons. The van der Waals surface area contributed by atoms with Gasteiger partial charge in [-0.05, 0) is 249 Å². The molecule has 0 aliphatic heterocycles. The fourth-order valence-electron chi connectivity index (χ4n) is 9.73. The minimum atomic E-state index is -0.584. The molecule has 29 heteroatoms. The van der Waals surface area contributed by atoms with Crippen molar-refractivity contribution >= 4 is 135 Å². The van der Waals surface area contributed by atoms with Gasteiger partial charge in [0.25, 0.3) is 0 Å². The Balaban J connectivity index is 0.000000238. The van der Waals surface area contributed by atoms with E-state index in [4.69, 9.17) is 101 Å². The molecule has 4 unspecified atom stereocenters. The van der Waals surface area contributed by atoms with Gasteiger partial charge < -0.3 is 40.0 Å². The molecule has 5 aromatic rings. The number of methoxy groups -OCH3 is 1. The number of halogens is 7. The predicted octanol–water partition coefficient (Wildman–Crippen LogP) is 18.5. The first kappa shape index (κ1) is 85.8. The Morgan fingerprint density at radius 2 is 0.882 bits per heavy atom. The number of ketones is 1. The lowest BCUT2D eigenvalue weighted by Crippen LogP contribution is -2.39. The van der Waals surface area contributed by atoms with E-state index in [9.17, 15) is 28.8 Å². The number of alkyl carbamates (subject to hydrolysis) is 1. The SMILES string of the molecule is C=Cc1cc(C(C)N(C(=O)OC(C)(C)C)C2CC2)cc(/C=C/NC(=O)CO)n1.CC(=O)c1cc(Cl)nc(Cl)c1.CC(NC1CC1)c1cc(Cl)nc(Cl)c1.CC(c1cc(Cl)nc(Cl)c1)N(C(=O)OC(C)(C)C)C1CC1.COC(=O)NC/C=C/c1cc(C(C)N(C(=O)OC(C)(C)C)C2CC2)cc(Cl)n1. The minimum Gasteiger partial charge on any atom is -0.453 e. The van der Waals surface area contributed by atoms with Gasteiger partial charge >= 0.3 is 24.4 Å². The molecule has 4 saturated carbocycles. The van der Waals surface area contributed by atoms with E-state index < -0.39 is 35.4 Å². The number of aromatic nitrogens is 5. The maximum atomic E-state index is 12.8. The Hall–Kier alpha value is -6.86. The van der Waals surface area contributed by atoms with Crippen LogP contribution < -0.4 is 16.0 Å². The number of aliphatic hydroxyl groups is 1. The summed E-state index contributed by atoms with van der Waals surface area (Å²) >= 11 is 40.8. The zero-order valence-electron chi connectivity index (χ0n) is 60.3. The number of hydrogen-bond acceptors (Lipinski definition) is 17. The fraction of sp³-hybridized carbons (Fsp3) is 0.493. The number of nitrogens with one attached hydrogen (secondary N) is 3. The molecular formula is C73H94Cl7N11O11. The van der Waals surface area contributed by atoms with Crippen LogP contribution in [0.15, 0.2) is 79.5 Å². The Kier molecular flexibility index (Phi) is 33.1. The fourth-order valence-corrected chi connectivity index (χ4v) is 11.4. The number of nitrogens with zero attached hydrogens (tertiary/aromatic N) is 8. The van der Waals surface area contributed by atoms with E-state index in [0.717, 1.165) is 60.8 Å². The molecular weight excluding hydrogens is 1460 g/mol. The van der Waals surface area contributed by atoms with Crippen LogP contribution in [0.5, 0.6) is 0 Å². The second-order valence-corrected chi connectivity index (χ2v) is 30.3. The molecule has 22 nitrogen and oxygen atoms in total. The summed E-state index contributed by atoms with van der Waals surface area (Å²) in [6.07, 6.45) is 15.1. The molecule has 4 atom stereocenters. The number of aliphatic hydroxyl groups excluding tert-OH is 1. The Morgan fingerprint density at radius 1 is 0.529 bits per heavy atom. The second-order valence-electron chi connectivity index (χ2n) is 27.6. The third-order valence-electron chi connectivity index (χ3n) is 15.0. The van der Waals surface area contributed by atoms with Crippen molar-refractivity contribution in [1.82, 2.24) is 55.6 Å². The van der Waals surface area contributed by atoms with Gasteiger partial charge in [-0.2, -0.15) is 0 Å². The first-order valence-electron chi connectivity index (χ1n) is 33.3. The van der Waals surface area contributed by atoms with E-state index >= 15 is 0 Å². The quantitative estimate of drug-likeness (QED) is 0.0320. The molecule has 0 saturated heterocycles. The summed E-state index contributed by atoms with van der Waals surface area (Å²) in [7, 11) is 1.31. The normalized spacial score (nSPS) is 15.3. The zero-order valence-corrected chi connectivity index (χ0v) is 65.6. The van der Waals surface area contributed by atoms with E-state index in [2.05, 4.69) is 59.1 Å². The molecule has 4 N–H and O–H groups in total. The number of pyridine rings is 5. The summed E-state index contributed by atoms with van der Waals surface area (Å²) < 4.78 is 21.2. The van der Waals surface area contributed by atoms with Crippen LogP contribution in [0.25, 0.3) is 18.2 Å². The Bertz CT molecular complexity index is 3710. The summed E-state index contributed by atoms with van der Waals surface area (Å²) in [5.74, 6) is -0.578. The third-order valence-corrected chi connectivity index (χ3v) is 16.4. The van der Waals surface area contributed by atoms with E-state index in [1.165, 1.54) is 45.2 Å². The molecule has 5 amide bonds. The van der Waals surface area contributed by atoms with Gasteiger partial charge in [0.1, 0.15) is 59.5 Å². The molecule has 5 aromatic heterocycles. The van der Waals surface area contributed by atoms with Gasteiger partial charge in [0, 0.05) is 48.5 Å². The number of ether oxygens (including phenoxy) is 4. The standard InChI is InChI=1S/C21H29N3O4.C20H28ClN3O4.C15H20Cl2N2O2.C10H12Cl2N2.C7H5Cl2NO/c1-6-16-11-15(12-17(23-16)9-10-22-19(26)13-25)14(2)24(18-7-8-18)20(27)28-21(3,4)5;1-13(24(16-8-9-16)19(26)28-20(2,3)4)14-11-15(23-17(21)12-14)7-6-10-22-18(25)27-5;1-9(10-7-12(16)18-13(17)8-10)19(11-5-6-11)14(20)21-15(2,3)4;1-6(13-8-2-3-8)7-4-9(11)14-10(12)5-7;1-4(11)5-2-6(8)10-7(9)3-5/h6,9-12,14,18,25H,1,7-8,13H2,2-5H3,(H,22,26);6-7,11-13,16H,8-10H2,1-5H3,(H,22,25);7-9,11H,5-6H2,1-4H3;4-6,8,13H,2-3H2,1H3;2-3H,1H3/b10-9+;7-6+;;;. The van der Waals surface area contributed by atoms with Crippen molar-refractivity contribution in [1.29, 1.82) is 0 Å². The van der Waals surface area contributed by atoms with Crippen LogP contribution in [-0.2, 0) is 23.7 Å². The van der Waals surface area contributed by atoms with Crippen molar-refractivity contribution in [2.75, 3.05) is 20.3 Å². The number of Topliss-reactive ketones (excluding diaryl/α,β-unsaturated/α-hetero) is 1. The first-order chi connectivity index (χ1) is 47.7. The Labute approximate surface area is 633 Å². The van der Waals surface area contributed by atoms with E-state index in [0.29, 0.717) is 67.0 Å². The van der Waals surface area contributed by atoms with Gasteiger partial charge in [0.15, 0.2) is 5.78 Å². The first-order valence-corrected chi connectivity index (χ1v) is 36.0. The summed E-state index contributed by atoms with van der Waals surface area (Å²) in [5.41, 5.74) is 4.49. The highest BCUT2D eigenvalue weighted by Gasteiger charge is 2.42. The van der Waals surface area contributed by atoms with Gasteiger partial charge in [-0.1, -0.05) is 93.9 Å². The molecule has 4 fully saturated rings. The topological polar surface area (TPSA) is 270 Å². The van der Waals surface area contributed by atoms with Gasteiger partial charge in [0.2, 0.25) is 5.91 Å². The third kappa shape index (κ3) is 31.2. The van der Waals surface area contributed by atoms with Crippen molar-refractivity contribution in [3.8, 4) is 0 Å². The highest BCUT2D eigenvalue weighted by atomic mass is 35.5. The molecule has 0 radical (unpaired) electrons. The van der Waals surface area contributed by atoms with E-state index in [1.54, 1.807) is 57.2 Å². The lowest BCUT2D eigenvalue weighted by atomic mass is 10.1. The number of rotatable bonds is 20. The maximum absolute atomic E-state index is 12.8. The molecule has 0 spiro atoms. The van der Waals surface area contributed by atoms with Crippen molar-refractivity contribution in [3.63, 3.8) is 0 Å². The van der Waals surface area contributed by atoms with Gasteiger partial charge in [0.05, 0.1) is 42.3 Å². The number of carbonyl (C=O) groups excluding carboxylic acids is 6.